The van der Waals surface area contributed by atoms with E-state index in [1.807, 2.05) is 19.1 Å². The molecule has 0 aliphatic rings. The number of hydrogen-bond donors (Lipinski definition) is 2. The smallest absolute Gasteiger partial charge is 0.324 e. The van der Waals surface area contributed by atoms with E-state index in [0.29, 0.717) is 12.3 Å². The first-order valence-corrected chi connectivity index (χ1v) is 6.99. The summed E-state index contributed by atoms with van der Waals surface area (Å²) in [6, 6.07) is 3.72. The van der Waals surface area contributed by atoms with Crippen molar-refractivity contribution in [3.63, 3.8) is 0 Å². The summed E-state index contributed by atoms with van der Waals surface area (Å²) in [5, 5.41) is 13.0. The van der Waals surface area contributed by atoms with Gasteiger partial charge in [-0.25, -0.2) is 4.98 Å². The minimum absolute atomic E-state index is 0.422. The predicted molar refractivity (Wildman–Crippen MR) is 72.4 cm³/mol. The number of rotatable bonds is 6. The van der Waals surface area contributed by atoms with E-state index in [9.17, 15) is 9.90 Å². The number of carbonyl (C=O) groups is 1. The van der Waals surface area contributed by atoms with Crippen LogP contribution in [0.25, 0.3) is 0 Å². The Kier molecular flexibility index (Phi) is 5.42. The van der Waals surface area contributed by atoms with Crippen LogP contribution in [0.2, 0.25) is 0 Å². The number of nitrogens with zero attached hydrogens (tertiary/aromatic N) is 1. The number of thioether (sulfide) groups is 1. The van der Waals surface area contributed by atoms with Crippen LogP contribution >= 0.6 is 27.7 Å². The fourth-order valence-corrected chi connectivity index (χ4v) is 2.86. The van der Waals surface area contributed by atoms with E-state index < -0.39 is 11.5 Å². The molecule has 0 saturated heterocycles. The van der Waals surface area contributed by atoms with Crippen LogP contribution in [0.3, 0.4) is 0 Å². The highest BCUT2D eigenvalue weighted by molar-refractivity contribution is 9.10. The zero-order valence-corrected chi connectivity index (χ0v) is 12.1. The summed E-state index contributed by atoms with van der Waals surface area (Å²) in [5.74, 6) is -0.426. The van der Waals surface area contributed by atoms with Gasteiger partial charge in [0.05, 0.1) is 0 Å². The monoisotopic (exact) mass is 318 g/mol. The number of likely N-dealkylation sites (N-methyl/N-ethyl adjacent to an activating group) is 1. The van der Waals surface area contributed by atoms with Gasteiger partial charge in [-0.2, -0.15) is 0 Å². The molecule has 1 atom stereocenters. The van der Waals surface area contributed by atoms with Gasteiger partial charge in [-0.15, -0.1) is 11.8 Å². The van der Waals surface area contributed by atoms with Gasteiger partial charge in [-0.3, -0.25) is 4.79 Å². The molecule has 17 heavy (non-hydrogen) atoms. The molecule has 0 aromatic carbocycles. The molecular formula is C11H15BrN2O2S. The molecule has 0 aliphatic carbocycles. The van der Waals surface area contributed by atoms with Crippen molar-refractivity contribution < 1.29 is 9.90 Å². The molecule has 0 spiro atoms. The van der Waals surface area contributed by atoms with E-state index in [0.717, 1.165) is 9.50 Å². The Hall–Kier alpha value is -0.590. The number of pyridine rings is 1. The SMILES string of the molecule is CCNC(C)(CSc1ncccc1Br)C(=O)O. The summed E-state index contributed by atoms with van der Waals surface area (Å²) in [6.07, 6.45) is 1.69. The molecule has 0 saturated carbocycles. The van der Waals surface area contributed by atoms with E-state index in [-0.39, 0.29) is 0 Å². The van der Waals surface area contributed by atoms with Crippen LogP contribution in [0.15, 0.2) is 27.8 Å². The first kappa shape index (κ1) is 14.5. The molecule has 1 unspecified atom stereocenters. The zero-order valence-electron chi connectivity index (χ0n) is 9.74. The van der Waals surface area contributed by atoms with Gasteiger partial charge in [0.2, 0.25) is 0 Å². The quantitative estimate of drug-likeness (QED) is 0.789. The Balaban J connectivity index is 2.71. The maximum atomic E-state index is 11.2. The molecule has 2 N–H and O–H groups in total. The summed E-state index contributed by atoms with van der Waals surface area (Å²) < 4.78 is 0.884. The molecule has 94 valence electrons. The van der Waals surface area contributed by atoms with E-state index >= 15 is 0 Å². The first-order valence-electron chi connectivity index (χ1n) is 5.21. The standard InChI is InChI=1S/C11H15BrN2O2S/c1-3-14-11(2,10(15)16)7-17-9-8(12)5-4-6-13-9/h4-6,14H,3,7H2,1-2H3,(H,15,16). The molecule has 0 amide bonds. The lowest BCUT2D eigenvalue weighted by Gasteiger charge is -2.25. The molecule has 0 aliphatic heterocycles. The first-order chi connectivity index (χ1) is 7.99. The van der Waals surface area contributed by atoms with Gasteiger partial charge < -0.3 is 10.4 Å². The maximum Gasteiger partial charge on any atom is 0.324 e. The van der Waals surface area contributed by atoms with E-state index in [1.165, 1.54) is 11.8 Å². The third-order valence-corrected chi connectivity index (χ3v) is 4.48. The van der Waals surface area contributed by atoms with Crippen LogP contribution in [0.4, 0.5) is 0 Å². The molecular weight excluding hydrogens is 304 g/mol. The fourth-order valence-electron chi connectivity index (χ4n) is 1.27. The number of hydrogen-bond acceptors (Lipinski definition) is 4. The predicted octanol–water partition coefficient (Wildman–Crippen LogP) is 2.39. The third kappa shape index (κ3) is 3.97. The van der Waals surface area contributed by atoms with Crippen molar-refractivity contribution in [1.82, 2.24) is 10.3 Å². The Morgan fingerprint density at radius 1 is 1.71 bits per heavy atom. The Morgan fingerprint density at radius 3 is 2.94 bits per heavy atom. The summed E-state index contributed by atoms with van der Waals surface area (Å²) in [6.45, 7) is 4.19. The van der Waals surface area contributed by atoms with Crippen molar-refractivity contribution in [1.29, 1.82) is 0 Å². The van der Waals surface area contributed by atoms with Gasteiger partial charge in [-0.1, -0.05) is 6.92 Å². The molecule has 1 rings (SSSR count). The van der Waals surface area contributed by atoms with Gasteiger partial charge in [0.1, 0.15) is 10.6 Å². The number of aromatic nitrogens is 1. The van der Waals surface area contributed by atoms with Crippen LogP contribution in [0, 0.1) is 0 Å². The topological polar surface area (TPSA) is 62.2 Å². The van der Waals surface area contributed by atoms with E-state index in [1.54, 1.807) is 13.1 Å². The summed E-state index contributed by atoms with van der Waals surface area (Å²) in [7, 11) is 0. The normalized spacial score (nSPS) is 14.3. The zero-order chi connectivity index (χ0) is 12.9. The molecule has 1 aromatic rings. The average Bonchev–Trinajstić information content (AvgIpc) is 2.28. The van der Waals surface area contributed by atoms with Crippen LogP contribution in [-0.4, -0.2) is 33.9 Å². The van der Waals surface area contributed by atoms with Crippen molar-refractivity contribution in [3.05, 3.63) is 22.8 Å². The van der Waals surface area contributed by atoms with Crippen LogP contribution in [0.5, 0.6) is 0 Å². The molecule has 0 radical (unpaired) electrons. The molecule has 1 heterocycles. The fraction of sp³-hybridized carbons (Fsp3) is 0.455. The highest BCUT2D eigenvalue weighted by Gasteiger charge is 2.32. The minimum atomic E-state index is -0.934. The Morgan fingerprint density at radius 2 is 2.41 bits per heavy atom. The van der Waals surface area contributed by atoms with Crippen LogP contribution in [-0.2, 0) is 4.79 Å². The Labute approximate surface area is 113 Å². The number of carboxylic acids is 1. The van der Waals surface area contributed by atoms with Crippen LogP contribution < -0.4 is 5.32 Å². The minimum Gasteiger partial charge on any atom is -0.480 e. The Bertz CT molecular complexity index is 403. The van der Waals surface area contributed by atoms with Crippen molar-refractivity contribution in [2.45, 2.75) is 24.4 Å². The molecule has 0 bridgehead atoms. The lowest BCUT2D eigenvalue weighted by molar-refractivity contribution is -0.143. The number of nitrogens with one attached hydrogen (secondary N) is 1. The second-order valence-electron chi connectivity index (χ2n) is 3.75. The molecule has 4 nitrogen and oxygen atoms in total. The largest absolute Gasteiger partial charge is 0.480 e. The number of aliphatic carboxylic acids is 1. The highest BCUT2D eigenvalue weighted by atomic mass is 79.9. The molecule has 6 heteroatoms. The van der Waals surface area contributed by atoms with Gasteiger partial charge >= 0.3 is 5.97 Å². The van der Waals surface area contributed by atoms with Gasteiger partial charge in [0, 0.05) is 16.4 Å². The van der Waals surface area contributed by atoms with E-state index in [2.05, 4.69) is 26.2 Å². The molecule has 1 aromatic heterocycles. The highest BCUT2D eigenvalue weighted by Crippen LogP contribution is 2.27. The third-order valence-electron chi connectivity index (χ3n) is 2.26. The van der Waals surface area contributed by atoms with Crippen molar-refractivity contribution in [2.24, 2.45) is 0 Å². The van der Waals surface area contributed by atoms with Gasteiger partial charge in [-0.05, 0) is 41.5 Å². The van der Waals surface area contributed by atoms with Crippen molar-refractivity contribution in [3.8, 4) is 0 Å². The van der Waals surface area contributed by atoms with E-state index in [4.69, 9.17) is 0 Å². The second kappa shape index (κ2) is 6.37. The van der Waals surface area contributed by atoms with Crippen molar-refractivity contribution in [2.75, 3.05) is 12.3 Å². The average molecular weight is 319 g/mol. The summed E-state index contributed by atoms with van der Waals surface area (Å²) >= 11 is 4.81. The summed E-state index contributed by atoms with van der Waals surface area (Å²) in [4.78, 5) is 15.4. The van der Waals surface area contributed by atoms with Gasteiger partial charge in [0.25, 0.3) is 0 Å². The number of halogens is 1. The summed E-state index contributed by atoms with van der Waals surface area (Å²) in [5.41, 5.74) is -0.934. The molecule has 0 fully saturated rings. The number of carboxylic acid groups (broad SMARTS) is 1. The van der Waals surface area contributed by atoms with Crippen LogP contribution in [0.1, 0.15) is 13.8 Å². The van der Waals surface area contributed by atoms with Gasteiger partial charge in [0.15, 0.2) is 0 Å². The van der Waals surface area contributed by atoms with Crippen molar-refractivity contribution >= 4 is 33.7 Å². The lowest BCUT2D eigenvalue weighted by atomic mass is 10.1. The second-order valence-corrected chi connectivity index (χ2v) is 5.57. The lowest BCUT2D eigenvalue weighted by Crippen LogP contribution is -2.51. The maximum absolute atomic E-state index is 11.2.